The van der Waals surface area contributed by atoms with Gasteiger partial charge in [-0.15, -0.1) is 0 Å². The van der Waals surface area contributed by atoms with Crippen LogP contribution in [0.2, 0.25) is 0 Å². The number of carbonyl (C=O) groups excluding carboxylic acids is 1. The second-order valence-electron chi connectivity index (χ2n) is 6.26. The zero-order chi connectivity index (χ0) is 16.6. The van der Waals surface area contributed by atoms with Crippen molar-refractivity contribution < 1.29 is 4.79 Å². The summed E-state index contributed by atoms with van der Waals surface area (Å²) in [6.45, 7) is 11.5. The summed E-state index contributed by atoms with van der Waals surface area (Å²) in [5.41, 5.74) is 2.01. The standard InChI is InChI=1S/C17H28N4O/c1-6-18-16(21-17(3,4)5)19-12-11-14-7-9-15(10-8-14)20-13(2)22/h7-10H,6,11-12H2,1-5H3,(H,20,22)(H2,18,19,21). The molecular weight excluding hydrogens is 276 g/mol. The predicted molar refractivity (Wildman–Crippen MR) is 93.3 cm³/mol. The highest BCUT2D eigenvalue weighted by molar-refractivity contribution is 5.88. The number of guanidine groups is 1. The number of nitrogens with zero attached hydrogens (tertiary/aromatic N) is 1. The lowest BCUT2D eigenvalue weighted by Gasteiger charge is -2.23. The van der Waals surface area contributed by atoms with Gasteiger partial charge >= 0.3 is 0 Å². The van der Waals surface area contributed by atoms with Crippen LogP contribution >= 0.6 is 0 Å². The van der Waals surface area contributed by atoms with Crippen LogP contribution in [0.15, 0.2) is 29.3 Å². The first-order chi connectivity index (χ1) is 10.3. The van der Waals surface area contributed by atoms with E-state index in [-0.39, 0.29) is 11.4 Å². The Morgan fingerprint density at radius 3 is 2.32 bits per heavy atom. The minimum absolute atomic E-state index is 0.0129. The average Bonchev–Trinajstić information content (AvgIpc) is 2.38. The molecule has 0 aliphatic carbocycles. The molecule has 1 aromatic carbocycles. The summed E-state index contributed by atoms with van der Waals surface area (Å²) in [7, 11) is 0. The third-order valence-electron chi connectivity index (χ3n) is 2.78. The minimum Gasteiger partial charge on any atom is -0.357 e. The third-order valence-corrected chi connectivity index (χ3v) is 2.78. The molecule has 1 aromatic rings. The highest BCUT2D eigenvalue weighted by atomic mass is 16.1. The fourth-order valence-corrected chi connectivity index (χ4v) is 1.92. The highest BCUT2D eigenvalue weighted by Crippen LogP contribution is 2.10. The maximum atomic E-state index is 11.0. The molecule has 122 valence electrons. The van der Waals surface area contributed by atoms with Crippen molar-refractivity contribution in [3.63, 3.8) is 0 Å². The molecule has 0 radical (unpaired) electrons. The summed E-state index contributed by atoms with van der Waals surface area (Å²) in [6, 6.07) is 7.87. The molecule has 1 rings (SSSR count). The summed E-state index contributed by atoms with van der Waals surface area (Å²) < 4.78 is 0. The lowest BCUT2D eigenvalue weighted by atomic mass is 10.1. The van der Waals surface area contributed by atoms with E-state index >= 15 is 0 Å². The topological polar surface area (TPSA) is 65.5 Å². The van der Waals surface area contributed by atoms with Crippen LogP contribution < -0.4 is 16.0 Å². The second kappa shape index (κ2) is 8.41. The van der Waals surface area contributed by atoms with Crippen LogP contribution in [-0.4, -0.2) is 30.5 Å². The molecule has 0 saturated heterocycles. The third kappa shape index (κ3) is 7.67. The fraction of sp³-hybridized carbons (Fsp3) is 0.529. The van der Waals surface area contributed by atoms with E-state index in [1.165, 1.54) is 12.5 Å². The quantitative estimate of drug-likeness (QED) is 0.578. The number of hydrogen-bond acceptors (Lipinski definition) is 2. The monoisotopic (exact) mass is 304 g/mol. The van der Waals surface area contributed by atoms with Gasteiger partial charge in [-0.3, -0.25) is 9.79 Å². The lowest BCUT2D eigenvalue weighted by molar-refractivity contribution is -0.114. The Bertz CT molecular complexity index is 500. The maximum Gasteiger partial charge on any atom is 0.221 e. The molecule has 0 unspecified atom stereocenters. The van der Waals surface area contributed by atoms with E-state index in [1.54, 1.807) is 0 Å². The van der Waals surface area contributed by atoms with E-state index in [2.05, 4.69) is 48.6 Å². The molecule has 5 heteroatoms. The molecule has 0 bridgehead atoms. The van der Waals surface area contributed by atoms with Gasteiger partial charge in [-0.05, 0) is 51.8 Å². The lowest BCUT2D eigenvalue weighted by Crippen LogP contribution is -2.47. The van der Waals surface area contributed by atoms with Crippen molar-refractivity contribution in [3.8, 4) is 0 Å². The van der Waals surface area contributed by atoms with E-state index < -0.39 is 0 Å². The molecule has 0 atom stereocenters. The molecule has 0 saturated carbocycles. The van der Waals surface area contributed by atoms with Crippen LogP contribution in [-0.2, 0) is 11.2 Å². The molecular formula is C17H28N4O. The number of rotatable bonds is 5. The van der Waals surface area contributed by atoms with Gasteiger partial charge in [-0.1, -0.05) is 12.1 Å². The van der Waals surface area contributed by atoms with E-state index in [1.807, 2.05) is 24.3 Å². The van der Waals surface area contributed by atoms with Gasteiger partial charge in [0.15, 0.2) is 5.96 Å². The second-order valence-corrected chi connectivity index (χ2v) is 6.26. The minimum atomic E-state index is -0.0547. The Kier molecular flexibility index (Phi) is 6.89. The number of benzene rings is 1. The Hall–Kier alpha value is -2.04. The van der Waals surface area contributed by atoms with Crippen molar-refractivity contribution in [1.82, 2.24) is 10.6 Å². The number of carbonyl (C=O) groups is 1. The number of hydrogen-bond donors (Lipinski definition) is 3. The smallest absolute Gasteiger partial charge is 0.221 e. The molecule has 0 fully saturated rings. The van der Waals surface area contributed by atoms with Crippen LogP contribution in [0.1, 0.15) is 40.2 Å². The molecule has 0 aliphatic rings. The molecule has 22 heavy (non-hydrogen) atoms. The summed E-state index contributed by atoms with van der Waals surface area (Å²) in [6.07, 6.45) is 0.862. The average molecular weight is 304 g/mol. The van der Waals surface area contributed by atoms with Crippen molar-refractivity contribution in [2.75, 3.05) is 18.4 Å². The van der Waals surface area contributed by atoms with Crippen molar-refractivity contribution in [3.05, 3.63) is 29.8 Å². The van der Waals surface area contributed by atoms with Crippen LogP contribution in [0.25, 0.3) is 0 Å². The van der Waals surface area contributed by atoms with Crippen LogP contribution in [0.4, 0.5) is 5.69 Å². The zero-order valence-electron chi connectivity index (χ0n) is 14.3. The van der Waals surface area contributed by atoms with Gasteiger partial charge in [-0.2, -0.15) is 0 Å². The van der Waals surface area contributed by atoms with Gasteiger partial charge in [0.25, 0.3) is 0 Å². The first kappa shape index (κ1) is 18.0. The number of anilines is 1. The summed E-state index contributed by atoms with van der Waals surface area (Å²) in [5, 5.41) is 9.38. The largest absolute Gasteiger partial charge is 0.357 e. The van der Waals surface area contributed by atoms with E-state index in [0.29, 0.717) is 6.54 Å². The van der Waals surface area contributed by atoms with Gasteiger partial charge in [-0.25, -0.2) is 0 Å². The van der Waals surface area contributed by atoms with E-state index in [9.17, 15) is 4.79 Å². The predicted octanol–water partition coefficient (Wildman–Crippen LogP) is 2.54. The normalized spacial score (nSPS) is 12.0. The van der Waals surface area contributed by atoms with Gasteiger partial charge in [0.2, 0.25) is 5.91 Å². The van der Waals surface area contributed by atoms with Crippen molar-refractivity contribution in [2.24, 2.45) is 4.99 Å². The Morgan fingerprint density at radius 1 is 1.18 bits per heavy atom. The Morgan fingerprint density at radius 2 is 1.82 bits per heavy atom. The van der Waals surface area contributed by atoms with E-state index in [4.69, 9.17) is 0 Å². The Labute approximate surface area is 133 Å². The van der Waals surface area contributed by atoms with Crippen LogP contribution in [0.5, 0.6) is 0 Å². The first-order valence-electron chi connectivity index (χ1n) is 7.73. The number of aliphatic imine (C=N–C) groups is 1. The van der Waals surface area contributed by atoms with Gasteiger partial charge in [0.1, 0.15) is 0 Å². The molecule has 5 nitrogen and oxygen atoms in total. The summed E-state index contributed by atoms with van der Waals surface area (Å²) in [5.74, 6) is 0.783. The highest BCUT2D eigenvalue weighted by Gasteiger charge is 2.11. The zero-order valence-corrected chi connectivity index (χ0v) is 14.3. The number of amides is 1. The van der Waals surface area contributed by atoms with Crippen molar-refractivity contribution in [2.45, 2.75) is 46.6 Å². The molecule has 0 aromatic heterocycles. The fourth-order valence-electron chi connectivity index (χ4n) is 1.92. The van der Waals surface area contributed by atoms with Gasteiger partial charge in [0.05, 0.1) is 0 Å². The molecule has 3 N–H and O–H groups in total. The molecule has 1 amide bonds. The summed E-state index contributed by atoms with van der Waals surface area (Å²) in [4.78, 5) is 15.6. The first-order valence-corrected chi connectivity index (χ1v) is 7.73. The van der Waals surface area contributed by atoms with Crippen LogP contribution in [0, 0.1) is 0 Å². The SMILES string of the molecule is CCNC(=NCCc1ccc(NC(C)=O)cc1)NC(C)(C)C. The molecule has 0 spiro atoms. The van der Waals surface area contributed by atoms with Gasteiger partial charge in [0, 0.05) is 31.2 Å². The maximum absolute atomic E-state index is 11.0. The van der Waals surface area contributed by atoms with E-state index in [0.717, 1.165) is 24.6 Å². The summed E-state index contributed by atoms with van der Waals surface area (Å²) >= 11 is 0. The molecule has 0 aliphatic heterocycles. The van der Waals surface area contributed by atoms with Gasteiger partial charge < -0.3 is 16.0 Å². The number of nitrogens with one attached hydrogen (secondary N) is 3. The Balaban J connectivity index is 2.56. The van der Waals surface area contributed by atoms with Crippen molar-refractivity contribution >= 4 is 17.6 Å². The molecule has 0 heterocycles. The van der Waals surface area contributed by atoms with Crippen LogP contribution in [0.3, 0.4) is 0 Å². The van der Waals surface area contributed by atoms with Crippen molar-refractivity contribution in [1.29, 1.82) is 0 Å².